The Hall–Kier alpha value is -3.00. The average Bonchev–Trinajstić information content (AvgIpc) is 2.90. The summed E-state index contributed by atoms with van der Waals surface area (Å²) in [6.45, 7) is 0. The van der Waals surface area contributed by atoms with Gasteiger partial charge in [0.25, 0.3) is 9.84 Å². The number of nitriles is 1. The van der Waals surface area contributed by atoms with Gasteiger partial charge in [-0.1, -0.05) is 0 Å². The molecule has 140 valence electrons. The van der Waals surface area contributed by atoms with E-state index < -0.39 is 44.2 Å². The van der Waals surface area contributed by atoms with Crippen LogP contribution < -0.4 is 4.74 Å². The van der Waals surface area contributed by atoms with E-state index in [2.05, 4.69) is 4.98 Å². The van der Waals surface area contributed by atoms with Crippen LogP contribution in [0.1, 0.15) is 21.5 Å². The maximum absolute atomic E-state index is 13.9. The van der Waals surface area contributed by atoms with Crippen LogP contribution in [0.15, 0.2) is 35.4 Å². The lowest BCUT2D eigenvalue weighted by Gasteiger charge is -2.14. The average molecular weight is 400 g/mol. The fourth-order valence-corrected chi connectivity index (χ4v) is 3.60. The summed E-state index contributed by atoms with van der Waals surface area (Å²) in [6.07, 6.45) is -1.58. The van der Waals surface area contributed by atoms with Crippen molar-refractivity contribution in [3.05, 3.63) is 47.2 Å². The second-order valence-electron chi connectivity index (χ2n) is 5.47. The van der Waals surface area contributed by atoms with Crippen molar-refractivity contribution >= 4 is 15.6 Å². The molecule has 1 aliphatic carbocycles. The predicted molar refractivity (Wildman–Crippen MR) is 81.6 cm³/mol. The summed E-state index contributed by atoms with van der Waals surface area (Å²) < 4.78 is 81.4. The number of rotatable bonds is 3. The molecule has 1 aromatic heterocycles. The first-order valence-electron chi connectivity index (χ1n) is 7.26. The molecule has 3 rings (SSSR count). The lowest BCUT2D eigenvalue weighted by Crippen LogP contribution is -2.25. The molecular weight excluding hydrogens is 392 g/mol. The summed E-state index contributed by atoms with van der Waals surface area (Å²) in [5.74, 6) is -1.85. The number of hydrogen-bond donors (Lipinski definition) is 0. The number of carbonyl (C=O) groups excluding carboxylic acids is 1. The Kier molecular flexibility index (Phi) is 4.39. The molecule has 0 saturated heterocycles. The standard InChI is InChI=1S/C16H8F4N2O4S/c17-10-6-9-11(26-15-8(7-21)2-1-5-22-15)3-4-12(13(9)14(10)23)27(24,25)16(18,19)20/h1-5,10H,6H2. The van der Waals surface area contributed by atoms with Gasteiger partial charge in [-0.25, -0.2) is 17.8 Å². The molecule has 2 aromatic rings. The molecule has 1 heterocycles. The van der Waals surface area contributed by atoms with Crippen LogP contribution in [0.4, 0.5) is 17.6 Å². The van der Waals surface area contributed by atoms with Gasteiger partial charge in [0.05, 0.1) is 4.90 Å². The third-order valence-corrected chi connectivity index (χ3v) is 5.37. The summed E-state index contributed by atoms with van der Waals surface area (Å²) >= 11 is 0. The highest BCUT2D eigenvalue weighted by molar-refractivity contribution is 7.92. The lowest BCUT2D eigenvalue weighted by atomic mass is 10.1. The number of nitrogens with zero attached hydrogens (tertiary/aromatic N) is 2. The number of ketones is 1. The summed E-state index contributed by atoms with van der Waals surface area (Å²) in [6, 6.07) is 5.98. The maximum atomic E-state index is 13.9. The fourth-order valence-electron chi connectivity index (χ4n) is 2.61. The number of pyridine rings is 1. The van der Waals surface area contributed by atoms with Crippen molar-refractivity contribution in [1.82, 2.24) is 4.98 Å². The highest BCUT2D eigenvalue weighted by atomic mass is 32.2. The van der Waals surface area contributed by atoms with E-state index in [0.29, 0.717) is 6.07 Å². The molecule has 0 N–H and O–H groups in total. The SMILES string of the molecule is N#Cc1cccnc1Oc1ccc(S(=O)(=O)C(F)(F)F)c2c1CC(F)C2=O. The summed E-state index contributed by atoms with van der Waals surface area (Å²) in [7, 11) is -5.87. The molecule has 1 aliphatic rings. The first kappa shape index (κ1) is 18.8. The van der Waals surface area contributed by atoms with Gasteiger partial charge in [-0.3, -0.25) is 4.79 Å². The summed E-state index contributed by atoms with van der Waals surface area (Å²) in [5.41, 5.74) is -6.90. The predicted octanol–water partition coefficient (Wildman–Crippen LogP) is 3.12. The number of sulfone groups is 1. The van der Waals surface area contributed by atoms with E-state index in [0.717, 1.165) is 6.07 Å². The Labute approximate surface area is 149 Å². The second-order valence-corrected chi connectivity index (χ2v) is 7.38. The number of carbonyl (C=O) groups is 1. The molecule has 0 radical (unpaired) electrons. The number of fused-ring (bicyclic) bond motifs is 1. The molecule has 0 fully saturated rings. The van der Waals surface area contributed by atoms with Crippen molar-refractivity contribution in [3.63, 3.8) is 0 Å². The van der Waals surface area contributed by atoms with Crippen LogP contribution in [-0.4, -0.2) is 30.9 Å². The number of ether oxygens (including phenoxy) is 1. The topological polar surface area (TPSA) is 97.1 Å². The molecule has 27 heavy (non-hydrogen) atoms. The first-order chi connectivity index (χ1) is 12.6. The van der Waals surface area contributed by atoms with Gasteiger partial charge in [0.1, 0.15) is 17.4 Å². The first-order valence-corrected chi connectivity index (χ1v) is 8.74. The highest BCUT2D eigenvalue weighted by Gasteiger charge is 2.50. The summed E-state index contributed by atoms with van der Waals surface area (Å²) in [4.78, 5) is 14.5. The van der Waals surface area contributed by atoms with Gasteiger partial charge in [0, 0.05) is 23.7 Å². The van der Waals surface area contributed by atoms with Crippen molar-refractivity contribution in [2.45, 2.75) is 23.0 Å². The van der Waals surface area contributed by atoms with Crippen LogP contribution in [0, 0.1) is 11.3 Å². The van der Waals surface area contributed by atoms with Gasteiger partial charge in [-0.2, -0.15) is 18.4 Å². The van der Waals surface area contributed by atoms with E-state index in [-0.39, 0.29) is 22.8 Å². The quantitative estimate of drug-likeness (QED) is 0.735. The number of aromatic nitrogens is 1. The largest absolute Gasteiger partial charge is 0.501 e. The summed E-state index contributed by atoms with van der Waals surface area (Å²) in [5, 5.41) is 9.03. The maximum Gasteiger partial charge on any atom is 0.501 e. The fraction of sp³-hybridized carbons (Fsp3) is 0.188. The normalized spacial score (nSPS) is 16.7. The molecule has 0 amide bonds. The van der Waals surface area contributed by atoms with Gasteiger partial charge in [0.15, 0.2) is 12.0 Å². The highest BCUT2D eigenvalue weighted by Crippen LogP contribution is 2.41. The number of hydrogen-bond acceptors (Lipinski definition) is 6. The smallest absolute Gasteiger partial charge is 0.437 e. The zero-order valence-corrected chi connectivity index (χ0v) is 13.9. The zero-order valence-electron chi connectivity index (χ0n) is 13.1. The molecule has 0 aliphatic heterocycles. The third kappa shape index (κ3) is 3.02. The molecule has 6 nitrogen and oxygen atoms in total. The molecule has 0 saturated carbocycles. The molecular formula is C16H8F4N2O4S. The molecule has 0 spiro atoms. The second kappa shape index (κ2) is 6.31. The van der Waals surface area contributed by atoms with E-state index in [1.165, 1.54) is 18.3 Å². The van der Waals surface area contributed by atoms with Gasteiger partial charge < -0.3 is 4.74 Å². The minimum atomic E-state index is -5.87. The van der Waals surface area contributed by atoms with E-state index in [1.54, 1.807) is 6.07 Å². The molecule has 1 atom stereocenters. The van der Waals surface area contributed by atoms with Gasteiger partial charge in [0.2, 0.25) is 5.88 Å². The Bertz CT molecular complexity index is 1090. The Morgan fingerprint density at radius 2 is 1.96 bits per heavy atom. The number of halogens is 4. The Morgan fingerprint density at radius 1 is 1.26 bits per heavy atom. The zero-order chi connectivity index (χ0) is 20.0. The van der Waals surface area contributed by atoms with Crippen molar-refractivity contribution in [3.8, 4) is 17.7 Å². The van der Waals surface area contributed by atoms with Crippen LogP contribution in [0.2, 0.25) is 0 Å². The van der Waals surface area contributed by atoms with Crippen LogP contribution >= 0.6 is 0 Å². The molecule has 1 unspecified atom stereocenters. The molecule has 1 aromatic carbocycles. The third-order valence-electron chi connectivity index (χ3n) is 3.84. The number of benzene rings is 1. The Balaban J connectivity index is 2.19. The number of Topliss-reactive ketones (excluding diaryl/α,β-unsaturated/α-hetero) is 1. The van der Waals surface area contributed by atoms with Crippen molar-refractivity contribution < 1.29 is 35.5 Å². The van der Waals surface area contributed by atoms with E-state index >= 15 is 0 Å². The van der Waals surface area contributed by atoms with Crippen molar-refractivity contribution in [2.24, 2.45) is 0 Å². The Morgan fingerprint density at radius 3 is 2.59 bits per heavy atom. The van der Waals surface area contributed by atoms with Crippen LogP contribution in [0.3, 0.4) is 0 Å². The van der Waals surface area contributed by atoms with Gasteiger partial charge in [-0.15, -0.1) is 0 Å². The lowest BCUT2D eigenvalue weighted by molar-refractivity contribution is -0.0436. The van der Waals surface area contributed by atoms with Crippen molar-refractivity contribution in [2.75, 3.05) is 0 Å². The van der Waals surface area contributed by atoms with E-state index in [1.807, 2.05) is 0 Å². The molecule has 0 bridgehead atoms. The van der Waals surface area contributed by atoms with Crippen LogP contribution in [0.25, 0.3) is 0 Å². The number of alkyl halides is 4. The van der Waals surface area contributed by atoms with Crippen LogP contribution in [0.5, 0.6) is 11.6 Å². The van der Waals surface area contributed by atoms with E-state index in [4.69, 9.17) is 10.00 Å². The van der Waals surface area contributed by atoms with E-state index in [9.17, 15) is 30.8 Å². The van der Waals surface area contributed by atoms with Crippen molar-refractivity contribution in [1.29, 1.82) is 5.26 Å². The minimum absolute atomic E-state index is 0.0145. The molecule has 11 heteroatoms. The minimum Gasteiger partial charge on any atom is -0.437 e. The van der Waals surface area contributed by atoms with Gasteiger partial charge >= 0.3 is 5.51 Å². The van der Waals surface area contributed by atoms with Crippen LogP contribution in [-0.2, 0) is 16.3 Å². The monoisotopic (exact) mass is 400 g/mol. The van der Waals surface area contributed by atoms with Gasteiger partial charge in [-0.05, 0) is 24.3 Å².